The molecule has 1 heterocycles. The minimum Gasteiger partial charge on any atom is -0.384 e. The summed E-state index contributed by atoms with van der Waals surface area (Å²) in [6.07, 6.45) is 0. The molecule has 0 aliphatic carbocycles. The Kier molecular flexibility index (Phi) is 3.72. The second-order valence-electron chi connectivity index (χ2n) is 3.84. The maximum absolute atomic E-state index is 13.2. The summed E-state index contributed by atoms with van der Waals surface area (Å²) in [6.45, 7) is 0. The van der Waals surface area contributed by atoms with Crippen molar-refractivity contribution >= 4 is 28.4 Å². The number of anilines is 1. The third-order valence-corrected chi connectivity index (χ3v) is 3.56. The van der Waals surface area contributed by atoms with E-state index >= 15 is 0 Å². The standard InChI is InChI=1S/C13H6FIN4O/c14-6-1-2-7(10(15)3-6)11-8(4-16)12(18)19-13(20)9(11)5-17/h1-3H,(H3,18,19,20). The second kappa shape index (κ2) is 5.31. The van der Waals surface area contributed by atoms with Gasteiger partial charge in [-0.2, -0.15) is 10.5 Å². The summed E-state index contributed by atoms with van der Waals surface area (Å²) < 4.78 is 13.6. The van der Waals surface area contributed by atoms with Crippen molar-refractivity contribution in [2.75, 3.05) is 5.73 Å². The molecule has 5 nitrogen and oxygen atoms in total. The molecule has 1 aromatic heterocycles. The van der Waals surface area contributed by atoms with Gasteiger partial charge in [0.25, 0.3) is 5.56 Å². The Bertz CT molecular complexity index is 845. The fourth-order valence-corrected chi connectivity index (χ4v) is 2.55. The highest BCUT2D eigenvalue weighted by atomic mass is 127. The number of pyridine rings is 1. The number of benzene rings is 1. The first-order valence-corrected chi connectivity index (χ1v) is 6.38. The van der Waals surface area contributed by atoms with Gasteiger partial charge in [0.2, 0.25) is 0 Å². The molecule has 3 N–H and O–H groups in total. The van der Waals surface area contributed by atoms with Crippen LogP contribution in [0.3, 0.4) is 0 Å². The third kappa shape index (κ3) is 2.24. The van der Waals surface area contributed by atoms with Crippen LogP contribution in [0.4, 0.5) is 10.2 Å². The Balaban J connectivity index is 2.97. The van der Waals surface area contributed by atoms with E-state index in [0.29, 0.717) is 9.13 Å². The van der Waals surface area contributed by atoms with E-state index in [9.17, 15) is 14.4 Å². The van der Waals surface area contributed by atoms with Crippen LogP contribution in [0.5, 0.6) is 0 Å². The summed E-state index contributed by atoms with van der Waals surface area (Å²) in [4.78, 5) is 14.0. The van der Waals surface area contributed by atoms with Gasteiger partial charge in [0, 0.05) is 9.13 Å². The Morgan fingerprint density at radius 2 is 1.90 bits per heavy atom. The van der Waals surface area contributed by atoms with Crippen molar-refractivity contribution in [3.05, 3.63) is 49.1 Å². The van der Waals surface area contributed by atoms with Crippen LogP contribution in [0.1, 0.15) is 11.1 Å². The first-order valence-electron chi connectivity index (χ1n) is 5.31. The van der Waals surface area contributed by atoms with E-state index in [-0.39, 0.29) is 22.5 Å². The number of rotatable bonds is 1. The van der Waals surface area contributed by atoms with Gasteiger partial charge in [-0.25, -0.2) is 4.39 Å². The van der Waals surface area contributed by atoms with Gasteiger partial charge in [-0.05, 0) is 40.3 Å². The number of nitrogens with one attached hydrogen (secondary N) is 1. The van der Waals surface area contributed by atoms with Gasteiger partial charge < -0.3 is 10.7 Å². The molecule has 0 amide bonds. The van der Waals surface area contributed by atoms with Crippen molar-refractivity contribution in [1.82, 2.24) is 4.98 Å². The van der Waals surface area contributed by atoms with Crippen LogP contribution in [-0.2, 0) is 0 Å². The average Bonchev–Trinajstić information content (AvgIpc) is 2.38. The Hall–Kier alpha value is -2.39. The minimum absolute atomic E-state index is 0.00864. The van der Waals surface area contributed by atoms with Crippen molar-refractivity contribution < 1.29 is 4.39 Å². The molecule has 0 radical (unpaired) electrons. The number of hydrogen-bond acceptors (Lipinski definition) is 4. The first-order chi connectivity index (χ1) is 9.49. The van der Waals surface area contributed by atoms with Gasteiger partial charge in [-0.1, -0.05) is 6.07 Å². The van der Waals surface area contributed by atoms with Gasteiger partial charge in [0.05, 0.1) is 0 Å². The summed E-state index contributed by atoms with van der Waals surface area (Å²) in [5.41, 5.74) is 5.24. The van der Waals surface area contributed by atoms with Crippen molar-refractivity contribution in [2.45, 2.75) is 0 Å². The summed E-state index contributed by atoms with van der Waals surface area (Å²) in [7, 11) is 0. The number of halogens is 2. The lowest BCUT2D eigenvalue weighted by molar-refractivity contribution is 0.627. The summed E-state index contributed by atoms with van der Waals surface area (Å²) >= 11 is 1.87. The number of nitrogen functional groups attached to an aromatic ring is 1. The van der Waals surface area contributed by atoms with Crippen molar-refractivity contribution in [3.8, 4) is 23.3 Å². The van der Waals surface area contributed by atoms with E-state index in [1.807, 2.05) is 28.7 Å². The number of H-pyrrole nitrogens is 1. The van der Waals surface area contributed by atoms with Crippen LogP contribution >= 0.6 is 22.6 Å². The van der Waals surface area contributed by atoms with Gasteiger partial charge >= 0.3 is 0 Å². The molecule has 0 fully saturated rings. The Morgan fingerprint density at radius 3 is 2.45 bits per heavy atom. The minimum atomic E-state index is -0.681. The number of nitriles is 2. The van der Waals surface area contributed by atoms with Crippen LogP contribution in [0.25, 0.3) is 11.1 Å². The summed E-state index contributed by atoms with van der Waals surface area (Å²) in [6, 6.07) is 7.47. The van der Waals surface area contributed by atoms with E-state index in [1.165, 1.54) is 18.2 Å². The highest BCUT2D eigenvalue weighted by Crippen LogP contribution is 2.31. The normalized spacial score (nSPS) is 9.80. The maximum atomic E-state index is 13.2. The molecule has 2 rings (SSSR count). The zero-order chi connectivity index (χ0) is 14.9. The van der Waals surface area contributed by atoms with Crippen LogP contribution in [-0.4, -0.2) is 4.98 Å². The summed E-state index contributed by atoms with van der Waals surface area (Å²) in [5.74, 6) is -0.570. The maximum Gasteiger partial charge on any atom is 0.268 e. The first kappa shape index (κ1) is 14.0. The lowest BCUT2D eigenvalue weighted by Crippen LogP contribution is -2.16. The number of nitrogens with two attached hydrogens (primary N) is 1. The molecular formula is C13H6FIN4O. The third-order valence-electron chi connectivity index (χ3n) is 2.67. The van der Waals surface area contributed by atoms with Crippen LogP contribution < -0.4 is 11.3 Å². The molecule has 1 aromatic carbocycles. The fourth-order valence-electron chi connectivity index (χ4n) is 1.80. The van der Waals surface area contributed by atoms with E-state index in [2.05, 4.69) is 4.98 Å². The number of nitrogens with zero attached hydrogens (tertiary/aromatic N) is 2. The quantitative estimate of drug-likeness (QED) is 0.739. The molecule has 0 unspecified atom stereocenters. The fraction of sp³-hybridized carbons (Fsp3) is 0. The van der Waals surface area contributed by atoms with E-state index < -0.39 is 11.4 Å². The zero-order valence-electron chi connectivity index (χ0n) is 9.87. The highest BCUT2D eigenvalue weighted by molar-refractivity contribution is 14.1. The second-order valence-corrected chi connectivity index (χ2v) is 5.00. The summed E-state index contributed by atoms with van der Waals surface area (Å²) in [5, 5.41) is 18.3. The molecule has 0 aliphatic rings. The van der Waals surface area contributed by atoms with E-state index in [4.69, 9.17) is 11.0 Å². The largest absolute Gasteiger partial charge is 0.384 e. The predicted octanol–water partition coefficient (Wildman–Crippen LogP) is 2.11. The molecule has 0 saturated heterocycles. The zero-order valence-corrected chi connectivity index (χ0v) is 12.0. The van der Waals surface area contributed by atoms with Crippen molar-refractivity contribution in [2.24, 2.45) is 0 Å². The number of aromatic amines is 1. The van der Waals surface area contributed by atoms with Gasteiger partial charge in [0.15, 0.2) is 0 Å². The lowest BCUT2D eigenvalue weighted by Gasteiger charge is -2.10. The van der Waals surface area contributed by atoms with Crippen molar-refractivity contribution in [1.29, 1.82) is 10.5 Å². The molecule has 2 aromatic rings. The monoisotopic (exact) mass is 380 g/mol. The van der Waals surface area contributed by atoms with Gasteiger partial charge in [-0.15, -0.1) is 0 Å². The van der Waals surface area contributed by atoms with Gasteiger partial charge in [-0.3, -0.25) is 4.79 Å². The molecule has 0 atom stereocenters. The smallest absolute Gasteiger partial charge is 0.268 e. The Morgan fingerprint density at radius 1 is 1.25 bits per heavy atom. The highest BCUT2D eigenvalue weighted by Gasteiger charge is 2.19. The molecule has 20 heavy (non-hydrogen) atoms. The average molecular weight is 380 g/mol. The molecule has 0 spiro atoms. The lowest BCUT2D eigenvalue weighted by atomic mass is 9.97. The molecule has 0 bridgehead atoms. The number of aromatic nitrogens is 1. The van der Waals surface area contributed by atoms with Crippen LogP contribution in [0.2, 0.25) is 0 Å². The molecule has 0 saturated carbocycles. The number of hydrogen-bond donors (Lipinski definition) is 2. The molecule has 98 valence electrons. The Labute approximate surface area is 126 Å². The van der Waals surface area contributed by atoms with Crippen LogP contribution in [0, 0.1) is 32.0 Å². The van der Waals surface area contributed by atoms with E-state index in [0.717, 1.165) is 0 Å². The molecule has 0 aliphatic heterocycles. The van der Waals surface area contributed by atoms with Crippen LogP contribution in [0.15, 0.2) is 23.0 Å². The van der Waals surface area contributed by atoms with E-state index in [1.54, 1.807) is 6.07 Å². The molecular weight excluding hydrogens is 374 g/mol. The molecule has 7 heteroatoms. The topological polar surface area (TPSA) is 106 Å². The van der Waals surface area contributed by atoms with Gasteiger partial charge in [0.1, 0.15) is 34.9 Å². The SMILES string of the molecule is N#Cc1c(N)[nH]c(=O)c(C#N)c1-c1ccc(F)cc1I. The predicted molar refractivity (Wildman–Crippen MR) is 79.0 cm³/mol. The van der Waals surface area contributed by atoms with Crippen molar-refractivity contribution in [3.63, 3.8) is 0 Å².